The van der Waals surface area contributed by atoms with Gasteiger partial charge in [0, 0.05) is 12.1 Å². The van der Waals surface area contributed by atoms with E-state index in [1.54, 1.807) is 0 Å². The van der Waals surface area contributed by atoms with Crippen molar-refractivity contribution in [2.75, 3.05) is 23.1 Å². The predicted molar refractivity (Wildman–Crippen MR) is 116 cm³/mol. The van der Waals surface area contributed by atoms with Crippen LogP contribution in [0.4, 0.5) is 11.4 Å². The molecule has 0 aliphatic carbocycles. The second kappa shape index (κ2) is 9.13. The number of carbonyl (C=O) groups is 4. The molecule has 8 heteroatoms. The first-order valence-corrected chi connectivity index (χ1v) is 10.4. The van der Waals surface area contributed by atoms with E-state index in [2.05, 4.69) is 10.1 Å². The van der Waals surface area contributed by atoms with E-state index in [4.69, 9.17) is 0 Å². The molecule has 1 fully saturated rings. The first-order chi connectivity index (χ1) is 14.3. The summed E-state index contributed by atoms with van der Waals surface area (Å²) in [5.74, 6) is -1.37. The van der Waals surface area contributed by atoms with Gasteiger partial charge in [-0.2, -0.15) is 0 Å². The van der Waals surface area contributed by atoms with Crippen molar-refractivity contribution < 1.29 is 23.9 Å². The molecule has 0 aromatic heterocycles. The van der Waals surface area contributed by atoms with Crippen molar-refractivity contribution in [3.8, 4) is 0 Å². The summed E-state index contributed by atoms with van der Waals surface area (Å²) < 4.78 is 4.64. The number of hydrogen-bond acceptors (Lipinski definition) is 6. The van der Waals surface area contributed by atoms with Crippen LogP contribution in [-0.4, -0.2) is 41.8 Å². The molecular formula is C22H22N2O5S. The van der Waals surface area contributed by atoms with Gasteiger partial charge in [0.2, 0.25) is 17.7 Å². The zero-order valence-corrected chi connectivity index (χ0v) is 17.7. The summed E-state index contributed by atoms with van der Waals surface area (Å²) in [5, 5.41) is 2.19. The number of ether oxygens (including phenoxy) is 1. The zero-order chi connectivity index (χ0) is 21.8. The van der Waals surface area contributed by atoms with Gasteiger partial charge in [0.15, 0.2) is 0 Å². The molecule has 0 bridgehead atoms. The maximum atomic E-state index is 12.7. The first kappa shape index (κ1) is 21.6. The molecule has 0 radical (unpaired) electrons. The molecule has 3 rings (SSSR count). The van der Waals surface area contributed by atoms with E-state index in [1.807, 2.05) is 32.0 Å². The van der Waals surface area contributed by atoms with E-state index in [9.17, 15) is 19.2 Å². The summed E-state index contributed by atoms with van der Waals surface area (Å²) >= 11 is 1.14. The van der Waals surface area contributed by atoms with Crippen LogP contribution in [-0.2, 0) is 19.1 Å². The van der Waals surface area contributed by atoms with E-state index in [0.29, 0.717) is 16.9 Å². The standard InChI is InChI=1S/C22H22N2O5S/c1-13-4-7-16(10-14(13)2)23-19(25)12-30-18-11-20(26)24(21(18)27)17-8-5-15(6-9-17)22(28)29-3/h4-10,18H,11-12H2,1-3H3,(H,23,25)/t18-/m1/s1. The van der Waals surface area contributed by atoms with Gasteiger partial charge < -0.3 is 10.1 Å². The number of methoxy groups -OCH3 is 1. The summed E-state index contributed by atoms with van der Waals surface area (Å²) in [4.78, 5) is 50.0. The van der Waals surface area contributed by atoms with Gasteiger partial charge in [-0.1, -0.05) is 6.07 Å². The Kier molecular flexibility index (Phi) is 6.56. The molecule has 0 saturated carbocycles. The van der Waals surface area contributed by atoms with Crippen LogP contribution in [0.2, 0.25) is 0 Å². The molecule has 1 heterocycles. The number of benzene rings is 2. The molecule has 2 aromatic rings. The number of hydrogen-bond donors (Lipinski definition) is 1. The van der Waals surface area contributed by atoms with Crippen LogP contribution in [0.3, 0.4) is 0 Å². The molecule has 7 nitrogen and oxygen atoms in total. The van der Waals surface area contributed by atoms with Gasteiger partial charge in [-0.25, -0.2) is 9.69 Å². The molecular weight excluding hydrogens is 404 g/mol. The van der Waals surface area contributed by atoms with E-state index in [-0.39, 0.29) is 29.9 Å². The van der Waals surface area contributed by atoms with Gasteiger partial charge in [0.05, 0.1) is 29.4 Å². The number of carbonyl (C=O) groups excluding carboxylic acids is 4. The Labute approximate surface area is 178 Å². The maximum Gasteiger partial charge on any atom is 0.337 e. The van der Waals surface area contributed by atoms with Crippen LogP contribution in [0.25, 0.3) is 0 Å². The summed E-state index contributed by atoms with van der Waals surface area (Å²) in [7, 11) is 1.28. The Bertz CT molecular complexity index is 1000. The summed E-state index contributed by atoms with van der Waals surface area (Å²) in [6.07, 6.45) is 0.0270. The van der Waals surface area contributed by atoms with E-state index < -0.39 is 11.2 Å². The number of nitrogens with one attached hydrogen (secondary N) is 1. The molecule has 156 valence electrons. The first-order valence-electron chi connectivity index (χ1n) is 9.34. The lowest BCUT2D eigenvalue weighted by atomic mass is 10.1. The maximum absolute atomic E-state index is 12.7. The summed E-state index contributed by atoms with van der Waals surface area (Å²) in [6.45, 7) is 3.96. The van der Waals surface area contributed by atoms with Crippen molar-refractivity contribution in [3.05, 3.63) is 59.2 Å². The Balaban J connectivity index is 1.59. The average Bonchev–Trinajstić information content (AvgIpc) is 3.02. The van der Waals surface area contributed by atoms with Gasteiger partial charge in [0.25, 0.3) is 0 Å². The number of aryl methyl sites for hydroxylation is 2. The van der Waals surface area contributed by atoms with Crippen molar-refractivity contribution in [3.63, 3.8) is 0 Å². The van der Waals surface area contributed by atoms with Crippen LogP contribution >= 0.6 is 11.8 Å². The quantitative estimate of drug-likeness (QED) is 0.564. The summed E-state index contributed by atoms with van der Waals surface area (Å²) in [6, 6.07) is 11.7. The fourth-order valence-corrected chi connectivity index (χ4v) is 4.00. The Morgan fingerprint density at radius 1 is 1.10 bits per heavy atom. The smallest absolute Gasteiger partial charge is 0.337 e. The topological polar surface area (TPSA) is 92.8 Å². The molecule has 1 aliphatic heterocycles. The monoisotopic (exact) mass is 426 g/mol. The Hall–Kier alpha value is -3.13. The minimum absolute atomic E-state index is 0.0270. The number of anilines is 2. The van der Waals surface area contributed by atoms with E-state index >= 15 is 0 Å². The highest BCUT2D eigenvalue weighted by Gasteiger charge is 2.40. The van der Waals surface area contributed by atoms with Crippen LogP contribution in [0.5, 0.6) is 0 Å². The number of thioether (sulfide) groups is 1. The molecule has 1 aliphatic rings. The zero-order valence-electron chi connectivity index (χ0n) is 16.9. The second-order valence-electron chi connectivity index (χ2n) is 6.96. The van der Waals surface area contributed by atoms with Crippen molar-refractivity contribution in [1.29, 1.82) is 0 Å². The fraction of sp³-hybridized carbons (Fsp3) is 0.273. The third-order valence-corrected chi connectivity index (χ3v) is 6.06. The number of nitrogens with zero attached hydrogens (tertiary/aromatic N) is 1. The molecule has 1 N–H and O–H groups in total. The Morgan fingerprint density at radius 3 is 2.43 bits per heavy atom. The fourth-order valence-electron chi connectivity index (χ4n) is 3.06. The highest BCUT2D eigenvalue weighted by molar-refractivity contribution is 8.01. The van der Waals surface area contributed by atoms with Crippen molar-refractivity contribution in [2.45, 2.75) is 25.5 Å². The van der Waals surface area contributed by atoms with E-state index in [0.717, 1.165) is 27.8 Å². The molecule has 3 amide bonds. The molecule has 0 spiro atoms. The minimum Gasteiger partial charge on any atom is -0.465 e. The molecule has 0 unspecified atom stereocenters. The van der Waals surface area contributed by atoms with Crippen molar-refractivity contribution >= 4 is 46.8 Å². The number of amides is 3. The van der Waals surface area contributed by atoms with Crippen LogP contribution in [0, 0.1) is 13.8 Å². The summed E-state index contributed by atoms with van der Waals surface area (Å²) in [5.41, 5.74) is 3.63. The number of esters is 1. The molecule has 2 aromatic carbocycles. The van der Waals surface area contributed by atoms with Crippen LogP contribution in [0.15, 0.2) is 42.5 Å². The number of rotatable bonds is 6. The third kappa shape index (κ3) is 4.71. The highest BCUT2D eigenvalue weighted by Crippen LogP contribution is 2.30. The lowest BCUT2D eigenvalue weighted by Crippen LogP contribution is -2.31. The molecule has 30 heavy (non-hydrogen) atoms. The van der Waals surface area contributed by atoms with Gasteiger partial charge in [-0.05, 0) is 61.4 Å². The average molecular weight is 426 g/mol. The Morgan fingerprint density at radius 2 is 1.80 bits per heavy atom. The lowest BCUT2D eigenvalue weighted by Gasteiger charge is -2.15. The predicted octanol–water partition coefficient (Wildman–Crippen LogP) is 3.09. The van der Waals surface area contributed by atoms with Crippen LogP contribution in [0.1, 0.15) is 27.9 Å². The third-order valence-electron chi connectivity index (χ3n) is 4.86. The molecule has 1 atom stereocenters. The number of imide groups is 1. The minimum atomic E-state index is -0.622. The van der Waals surface area contributed by atoms with Gasteiger partial charge in [0.1, 0.15) is 0 Å². The normalized spacial score (nSPS) is 16.0. The highest BCUT2D eigenvalue weighted by atomic mass is 32.2. The lowest BCUT2D eigenvalue weighted by molar-refractivity contribution is -0.121. The van der Waals surface area contributed by atoms with Crippen LogP contribution < -0.4 is 10.2 Å². The van der Waals surface area contributed by atoms with Crippen molar-refractivity contribution in [1.82, 2.24) is 0 Å². The van der Waals surface area contributed by atoms with Gasteiger partial charge >= 0.3 is 5.97 Å². The second-order valence-corrected chi connectivity index (χ2v) is 8.15. The van der Waals surface area contributed by atoms with Gasteiger partial charge in [-0.15, -0.1) is 11.8 Å². The largest absolute Gasteiger partial charge is 0.465 e. The SMILES string of the molecule is COC(=O)c1ccc(N2C(=O)C[C@@H](SCC(=O)Nc3ccc(C)c(C)c3)C2=O)cc1. The van der Waals surface area contributed by atoms with Crippen molar-refractivity contribution in [2.24, 2.45) is 0 Å². The van der Waals surface area contributed by atoms with E-state index in [1.165, 1.54) is 31.4 Å². The molecule has 1 saturated heterocycles. The van der Waals surface area contributed by atoms with Gasteiger partial charge in [-0.3, -0.25) is 14.4 Å².